The van der Waals surface area contributed by atoms with Crippen LogP contribution >= 0.6 is 0 Å². The Balaban J connectivity index is 2.13. The van der Waals surface area contributed by atoms with Gasteiger partial charge in [-0.25, -0.2) is 0 Å². The van der Waals surface area contributed by atoms with Crippen LogP contribution in [-0.4, -0.2) is 30.8 Å². The third kappa shape index (κ3) is 3.60. The van der Waals surface area contributed by atoms with Crippen LogP contribution in [0.25, 0.3) is 11.0 Å². The average molecular weight is 305 g/mol. The Hall–Kier alpha value is -2.01. The number of carbonyl (C=O) groups is 1. The summed E-state index contributed by atoms with van der Waals surface area (Å²) in [6.07, 6.45) is 0.102. The van der Waals surface area contributed by atoms with Crippen molar-refractivity contribution in [1.82, 2.24) is 5.32 Å². The van der Waals surface area contributed by atoms with E-state index in [1.807, 2.05) is 26.8 Å². The lowest BCUT2D eigenvalue weighted by Gasteiger charge is -2.13. The summed E-state index contributed by atoms with van der Waals surface area (Å²) in [4.78, 5) is 12.2. The zero-order valence-electron chi connectivity index (χ0n) is 13.5. The third-order valence-electron chi connectivity index (χ3n) is 3.59. The van der Waals surface area contributed by atoms with Crippen molar-refractivity contribution in [2.75, 3.05) is 13.7 Å². The molecule has 1 atom stereocenters. The number of aryl methyl sites for hydroxylation is 1. The third-order valence-corrected chi connectivity index (χ3v) is 3.59. The molecule has 0 bridgehead atoms. The van der Waals surface area contributed by atoms with Crippen LogP contribution in [0.2, 0.25) is 0 Å². The molecule has 1 amide bonds. The summed E-state index contributed by atoms with van der Waals surface area (Å²) >= 11 is 0. The highest BCUT2D eigenvalue weighted by Gasteiger charge is 2.19. The fourth-order valence-corrected chi connectivity index (χ4v) is 2.46. The first-order chi connectivity index (χ1) is 10.4. The molecule has 0 spiro atoms. The van der Waals surface area contributed by atoms with E-state index in [0.717, 1.165) is 16.7 Å². The van der Waals surface area contributed by atoms with Gasteiger partial charge in [0, 0.05) is 17.5 Å². The minimum absolute atomic E-state index is 0.219. The number of amides is 1. The second-order valence-electron chi connectivity index (χ2n) is 5.91. The number of benzene rings is 1. The molecule has 2 aromatic rings. The van der Waals surface area contributed by atoms with E-state index >= 15 is 0 Å². The number of hydrogen-bond donors (Lipinski definition) is 2. The molecule has 0 aliphatic rings. The van der Waals surface area contributed by atoms with E-state index in [1.54, 1.807) is 19.2 Å². The Morgan fingerprint density at radius 1 is 1.41 bits per heavy atom. The van der Waals surface area contributed by atoms with Crippen LogP contribution in [0.4, 0.5) is 0 Å². The van der Waals surface area contributed by atoms with Gasteiger partial charge in [0.1, 0.15) is 11.3 Å². The van der Waals surface area contributed by atoms with Crippen molar-refractivity contribution in [3.05, 3.63) is 29.5 Å². The quantitative estimate of drug-likeness (QED) is 0.861. The highest BCUT2D eigenvalue weighted by atomic mass is 16.5. The van der Waals surface area contributed by atoms with Gasteiger partial charge in [0.25, 0.3) is 5.91 Å². The molecule has 0 saturated carbocycles. The lowest BCUT2D eigenvalue weighted by molar-refractivity contribution is 0.0875. The van der Waals surface area contributed by atoms with Crippen molar-refractivity contribution in [2.24, 2.45) is 5.92 Å². The summed E-state index contributed by atoms with van der Waals surface area (Å²) in [5.41, 5.74) is 1.41. The fourth-order valence-electron chi connectivity index (χ4n) is 2.46. The predicted molar refractivity (Wildman–Crippen MR) is 85.3 cm³/mol. The van der Waals surface area contributed by atoms with Gasteiger partial charge in [0.2, 0.25) is 0 Å². The Bertz CT molecular complexity index is 660. The zero-order valence-corrected chi connectivity index (χ0v) is 13.5. The smallest absolute Gasteiger partial charge is 0.287 e. The largest absolute Gasteiger partial charge is 0.497 e. The number of hydrogen-bond acceptors (Lipinski definition) is 4. The second-order valence-corrected chi connectivity index (χ2v) is 5.91. The molecule has 5 heteroatoms. The lowest BCUT2D eigenvalue weighted by atomic mass is 10.1. The number of rotatable bonds is 6. The summed E-state index contributed by atoms with van der Waals surface area (Å²) in [5, 5.41) is 13.4. The SMILES string of the molecule is COc1ccc2oc(C(=O)NCC(O)CC(C)C)c(C)c2c1. The summed E-state index contributed by atoms with van der Waals surface area (Å²) < 4.78 is 10.8. The van der Waals surface area contributed by atoms with Gasteiger partial charge in [0.05, 0.1) is 13.2 Å². The number of fused-ring (bicyclic) bond motifs is 1. The van der Waals surface area contributed by atoms with E-state index in [2.05, 4.69) is 5.32 Å². The maximum absolute atomic E-state index is 12.2. The van der Waals surface area contributed by atoms with Crippen LogP contribution in [0.15, 0.2) is 22.6 Å². The topological polar surface area (TPSA) is 71.7 Å². The Morgan fingerprint density at radius 3 is 2.77 bits per heavy atom. The van der Waals surface area contributed by atoms with E-state index < -0.39 is 6.10 Å². The highest BCUT2D eigenvalue weighted by molar-refractivity contribution is 5.99. The number of methoxy groups -OCH3 is 1. The molecular weight excluding hydrogens is 282 g/mol. The van der Waals surface area contributed by atoms with Crippen LogP contribution < -0.4 is 10.1 Å². The van der Waals surface area contributed by atoms with E-state index in [-0.39, 0.29) is 18.2 Å². The maximum atomic E-state index is 12.2. The number of aliphatic hydroxyl groups is 1. The van der Waals surface area contributed by atoms with Crippen molar-refractivity contribution in [1.29, 1.82) is 0 Å². The van der Waals surface area contributed by atoms with Crippen LogP contribution in [0, 0.1) is 12.8 Å². The standard InChI is InChI=1S/C17H23NO4/c1-10(2)7-12(19)9-18-17(20)16-11(3)14-8-13(21-4)5-6-15(14)22-16/h5-6,8,10,12,19H,7,9H2,1-4H3,(H,18,20). The first-order valence-corrected chi connectivity index (χ1v) is 7.45. The second kappa shape index (κ2) is 6.83. The fraction of sp³-hybridized carbons (Fsp3) is 0.471. The Labute approximate surface area is 130 Å². The molecule has 1 aromatic carbocycles. The molecule has 1 heterocycles. The van der Waals surface area contributed by atoms with Crippen molar-refractivity contribution in [2.45, 2.75) is 33.3 Å². The average Bonchev–Trinajstić information content (AvgIpc) is 2.81. The van der Waals surface area contributed by atoms with Gasteiger partial charge in [-0.15, -0.1) is 0 Å². The molecule has 0 fully saturated rings. The lowest BCUT2D eigenvalue weighted by Crippen LogP contribution is -2.32. The molecule has 22 heavy (non-hydrogen) atoms. The van der Waals surface area contributed by atoms with Gasteiger partial charge >= 0.3 is 0 Å². The van der Waals surface area contributed by atoms with Gasteiger partial charge in [-0.05, 0) is 37.5 Å². The molecule has 1 aromatic heterocycles. The van der Waals surface area contributed by atoms with E-state index in [9.17, 15) is 9.90 Å². The van der Waals surface area contributed by atoms with Crippen molar-refractivity contribution < 1.29 is 19.1 Å². The number of carbonyl (C=O) groups excluding carboxylic acids is 1. The molecule has 0 saturated heterocycles. The van der Waals surface area contributed by atoms with Gasteiger partial charge in [0.15, 0.2) is 5.76 Å². The normalized spacial score (nSPS) is 12.6. The molecule has 2 N–H and O–H groups in total. The van der Waals surface area contributed by atoms with E-state index in [1.165, 1.54) is 0 Å². The molecule has 5 nitrogen and oxygen atoms in total. The Kier molecular flexibility index (Phi) is 5.08. The predicted octanol–water partition coefficient (Wildman–Crippen LogP) is 2.89. The monoisotopic (exact) mass is 305 g/mol. The summed E-state index contributed by atoms with van der Waals surface area (Å²) in [5.74, 6) is 1.07. The van der Waals surface area contributed by atoms with Gasteiger partial charge in [-0.3, -0.25) is 4.79 Å². The van der Waals surface area contributed by atoms with Crippen molar-refractivity contribution in [3.8, 4) is 5.75 Å². The number of furan rings is 1. The van der Waals surface area contributed by atoms with Crippen molar-refractivity contribution in [3.63, 3.8) is 0 Å². The molecule has 0 aliphatic heterocycles. The van der Waals surface area contributed by atoms with Gasteiger partial charge in [-0.1, -0.05) is 13.8 Å². The van der Waals surface area contributed by atoms with Crippen molar-refractivity contribution >= 4 is 16.9 Å². The Morgan fingerprint density at radius 2 is 2.14 bits per heavy atom. The minimum Gasteiger partial charge on any atom is -0.497 e. The molecule has 1 unspecified atom stereocenters. The van der Waals surface area contributed by atoms with E-state index in [4.69, 9.17) is 9.15 Å². The zero-order chi connectivity index (χ0) is 16.3. The molecule has 120 valence electrons. The van der Waals surface area contributed by atoms with Crippen LogP contribution in [0.1, 0.15) is 36.4 Å². The summed E-state index contributed by atoms with van der Waals surface area (Å²) in [6.45, 7) is 6.12. The summed E-state index contributed by atoms with van der Waals surface area (Å²) in [7, 11) is 1.60. The van der Waals surface area contributed by atoms with Crippen LogP contribution in [0.3, 0.4) is 0 Å². The minimum atomic E-state index is -0.547. The molecule has 0 aliphatic carbocycles. The van der Waals surface area contributed by atoms with E-state index in [0.29, 0.717) is 17.9 Å². The highest BCUT2D eigenvalue weighted by Crippen LogP contribution is 2.28. The summed E-state index contributed by atoms with van der Waals surface area (Å²) in [6, 6.07) is 5.42. The molecule has 0 radical (unpaired) electrons. The molecular formula is C17H23NO4. The van der Waals surface area contributed by atoms with Crippen LogP contribution in [-0.2, 0) is 0 Å². The number of nitrogens with one attached hydrogen (secondary N) is 1. The van der Waals surface area contributed by atoms with Gasteiger partial charge in [-0.2, -0.15) is 0 Å². The number of ether oxygens (including phenoxy) is 1. The van der Waals surface area contributed by atoms with Crippen LogP contribution in [0.5, 0.6) is 5.75 Å². The van der Waals surface area contributed by atoms with Gasteiger partial charge < -0.3 is 19.6 Å². The molecule has 2 rings (SSSR count). The number of aliphatic hydroxyl groups excluding tert-OH is 1. The first-order valence-electron chi connectivity index (χ1n) is 7.45. The first kappa shape index (κ1) is 16.4. The maximum Gasteiger partial charge on any atom is 0.287 e.